The molecule has 0 bridgehead atoms. The maximum absolute atomic E-state index is 12.3. The average molecular weight is 350 g/mol. The number of hydrogen-bond acceptors (Lipinski definition) is 5. The van der Waals surface area contributed by atoms with Gasteiger partial charge in [-0.05, 0) is 28.6 Å². The molecule has 4 rings (SSSR count). The number of fused-ring (bicyclic) bond motifs is 1. The first-order valence-electron chi connectivity index (χ1n) is 8.16. The summed E-state index contributed by atoms with van der Waals surface area (Å²) in [5.74, 6) is -0.136. The first-order chi connectivity index (χ1) is 12.3. The topological polar surface area (TPSA) is 65.5 Å². The number of nitrogens with one attached hydrogen (secondary N) is 3. The molecular weight excluding hydrogens is 332 g/mol. The Balaban J connectivity index is 1.39. The van der Waals surface area contributed by atoms with Gasteiger partial charge in [0, 0.05) is 10.4 Å². The zero-order valence-corrected chi connectivity index (χ0v) is 14.3. The fraction of sp³-hybridized carbons (Fsp3) is 0.158. The summed E-state index contributed by atoms with van der Waals surface area (Å²) in [5.41, 5.74) is 9.83. The van der Waals surface area contributed by atoms with Crippen molar-refractivity contribution in [2.24, 2.45) is 5.10 Å². The molecule has 2 heterocycles. The Morgan fingerprint density at radius 2 is 2.00 bits per heavy atom. The molecule has 2 atom stereocenters. The Bertz CT molecular complexity index is 901. The summed E-state index contributed by atoms with van der Waals surface area (Å²) < 4.78 is 0. The molecule has 1 aromatic heterocycles. The maximum atomic E-state index is 12.3. The Labute approximate surface area is 149 Å². The van der Waals surface area contributed by atoms with E-state index in [0.29, 0.717) is 6.42 Å². The van der Waals surface area contributed by atoms with Crippen LogP contribution in [0, 0.1) is 0 Å². The van der Waals surface area contributed by atoms with Crippen molar-refractivity contribution >= 4 is 34.2 Å². The van der Waals surface area contributed by atoms with E-state index in [9.17, 15) is 4.79 Å². The monoisotopic (exact) mass is 350 g/mol. The zero-order chi connectivity index (χ0) is 17.1. The van der Waals surface area contributed by atoms with E-state index in [1.54, 1.807) is 17.6 Å². The van der Waals surface area contributed by atoms with Gasteiger partial charge in [-0.2, -0.15) is 5.10 Å². The van der Waals surface area contributed by atoms with Crippen LogP contribution < -0.4 is 16.3 Å². The van der Waals surface area contributed by atoms with Crippen LogP contribution in [0.15, 0.2) is 65.1 Å². The summed E-state index contributed by atoms with van der Waals surface area (Å²) in [6.07, 6.45) is 2.40. The molecule has 0 aliphatic carbocycles. The van der Waals surface area contributed by atoms with Crippen molar-refractivity contribution in [3.8, 4) is 0 Å². The van der Waals surface area contributed by atoms with Crippen LogP contribution >= 0.6 is 11.3 Å². The number of carbonyl (C=O) groups is 1. The highest BCUT2D eigenvalue weighted by atomic mass is 32.1. The van der Waals surface area contributed by atoms with Gasteiger partial charge in [0.25, 0.3) is 5.91 Å². The van der Waals surface area contributed by atoms with E-state index >= 15 is 0 Å². The second-order valence-electron chi connectivity index (χ2n) is 5.95. The number of rotatable bonds is 4. The molecule has 126 valence electrons. The van der Waals surface area contributed by atoms with Gasteiger partial charge in [-0.1, -0.05) is 48.5 Å². The lowest BCUT2D eigenvalue weighted by Crippen LogP contribution is -2.41. The maximum Gasteiger partial charge on any atom is 0.258 e. The number of carbonyl (C=O) groups excluding carboxylic acids is 1. The van der Waals surface area contributed by atoms with Crippen LogP contribution in [0.1, 0.15) is 22.9 Å². The lowest BCUT2D eigenvalue weighted by atomic mass is 10.1. The van der Waals surface area contributed by atoms with Crippen LogP contribution in [0.4, 0.5) is 0 Å². The zero-order valence-electron chi connectivity index (χ0n) is 13.5. The van der Waals surface area contributed by atoms with Gasteiger partial charge in [-0.3, -0.25) is 4.79 Å². The standard InChI is InChI=1S/C19H18N4OS/c24-19(17-11-16(21-22-17)18-9-4-10-25-18)23-20-12-14-7-3-6-13-5-1-2-8-15(13)14/h1-10,12,16-17,21-22H,11H2,(H,23,24)/b20-12+. The van der Waals surface area contributed by atoms with Crippen LogP contribution in [0.5, 0.6) is 0 Å². The lowest BCUT2D eigenvalue weighted by Gasteiger charge is -2.07. The number of nitrogens with zero attached hydrogens (tertiary/aromatic N) is 1. The molecule has 1 aliphatic rings. The molecule has 0 saturated carbocycles. The molecule has 1 fully saturated rings. The van der Waals surface area contributed by atoms with Crippen LogP contribution in [-0.4, -0.2) is 18.2 Å². The molecule has 6 heteroatoms. The average Bonchev–Trinajstić information content (AvgIpc) is 3.33. The van der Waals surface area contributed by atoms with Gasteiger partial charge in [-0.15, -0.1) is 11.3 Å². The number of hydrazone groups is 1. The quantitative estimate of drug-likeness (QED) is 0.501. The van der Waals surface area contributed by atoms with Gasteiger partial charge in [0.2, 0.25) is 0 Å². The number of benzene rings is 2. The summed E-state index contributed by atoms with van der Waals surface area (Å²) >= 11 is 1.69. The molecule has 25 heavy (non-hydrogen) atoms. The minimum absolute atomic E-state index is 0.136. The van der Waals surface area contributed by atoms with Crippen LogP contribution in [0.25, 0.3) is 10.8 Å². The highest BCUT2D eigenvalue weighted by Crippen LogP contribution is 2.25. The predicted molar refractivity (Wildman–Crippen MR) is 101 cm³/mol. The summed E-state index contributed by atoms with van der Waals surface area (Å²) in [7, 11) is 0. The van der Waals surface area contributed by atoms with Crippen LogP contribution in [0.2, 0.25) is 0 Å². The van der Waals surface area contributed by atoms with E-state index in [-0.39, 0.29) is 18.0 Å². The van der Waals surface area contributed by atoms with Gasteiger partial charge in [0.1, 0.15) is 6.04 Å². The third-order valence-corrected chi connectivity index (χ3v) is 5.29. The molecule has 0 radical (unpaired) electrons. The Hall–Kier alpha value is -2.54. The SMILES string of the molecule is O=C(N/N=C/c1cccc2ccccc12)C1CC(c2cccs2)NN1. The molecule has 1 aliphatic heterocycles. The van der Waals surface area contributed by atoms with Gasteiger partial charge in [-0.25, -0.2) is 16.3 Å². The normalized spacial score (nSPS) is 20.3. The fourth-order valence-corrected chi connectivity index (χ4v) is 3.80. The molecule has 3 N–H and O–H groups in total. The van der Waals surface area contributed by atoms with Gasteiger partial charge in [0.05, 0.1) is 12.3 Å². The molecule has 5 nitrogen and oxygen atoms in total. The molecule has 2 aromatic carbocycles. The number of hydrogen-bond donors (Lipinski definition) is 3. The second-order valence-corrected chi connectivity index (χ2v) is 6.93. The Morgan fingerprint density at radius 1 is 1.12 bits per heavy atom. The Kier molecular flexibility index (Phi) is 4.56. The molecule has 3 aromatic rings. The van der Waals surface area contributed by atoms with Gasteiger partial charge < -0.3 is 0 Å². The molecular formula is C19H18N4OS. The van der Waals surface area contributed by atoms with Crippen LogP contribution in [-0.2, 0) is 4.79 Å². The van der Waals surface area contributed by atoms with Crippen molar-refractivity contribution in [3.05, 3.63) is 70.4 Å². The lowest BCUT2D eigenvalue weighted by molar-refractivity contribution is -0.122. The van der Waals surface area contributed by atoms with E-state index < -0.39 is 0 Å². The predicted octanol–water partition coefficient (Wildman–Crippen LogP) is 2.96. The molecule has 0 spiro atoms. The minimum atomic E-state index is -0.295. The van der Waals surface area contributed by atoms with Gasteiger partial charge in [0.15, 0.2) is 0 Å². The fourth-order valence-electron chi connectivity index (χ4n) is 3.01. The number of hydrazine groups is 1. The summed E-state index contributed by atoms with van der Waals surface area (Å²) in [5, 5.41) is 8.44. The van der Waals surface area contributed by atoms with E-state index in [4.69, 9.17) is 0 Å². The van der Waals surface area contributed by atoms with Crippen molar-refractivity contribution in [2.45, 2.75) is 18.5 Å². The van der Waals surface area contributed by atoms with E-state index in [1.165, 1.54) is 4.88 Å². The Morgan fingerprint density at radius 3 is 2.88 bits per heavy atom. The summed E-state index contributed by atoms with van der Waals surface area (Å²) in [4.78, 5) is 13.5. The van der Waals surface area contributed by atoms with E-state index in [1.807, 2.05) is 41.8 Å². The summed E-state index contributed by atoms with van der Waals surface area (Å²) in [6.45, 7) is 0. The summed E-state index contributed by atoms with van der Waals surface area (Å²) in [6, 6.07) is 18.1. The molecule has 2 unspecified atom stereocenters. The number of thiophene rings is 1. The first-order valence-corrected chi connectivity index (χ1v) is 9.04. The van der Waals surface area contributed by atoms with Crippen molar-refractivity contribution in [1.29, 1.82) is 0 Å². The van der Waals surface area contributed by atoms with Crippen molar-refractivity contribution in [2.75, 3.05) is 0 Å². The smallest absolute Gasteiger partial charge is 0.258 e. The van der Waals surface area contributed by atoms with Crippen molar-refractivity contribution < 1.29 is 4.79 Å². The van der Waals surface area contributed by atoms with Crippen molar-refractivity contribution in [3.63, 3.8) is 0 Å². The van der Waals surface area contributed by atoms with Crippen molar-refractivity contribution in [1.82, 2.24) is 16.3 Å². The highest BCUT2D eigenvalue weighted by Gasteiger charge is 2.30. The molecule has 1 saturated heterocycles. The first kappa shape index (κ1) is 16.0. The van der Waals surface area contributed by atoms with Crippen LogP contribution in [0.3, 0.4) is 0 Å². The van der Waals surface area contributed by atoms with E-state index in [0.717, 1.165) is 16.3 Å². The highest BCUT2D eigenvalue weighted by molar-refractivity contribution is 7.10. The largest absolute Gasteiger partial charge is 0.271 e. The molecule has 1 amide bonds. The third kappa shape index (κ3) is 3.46. The minimum Gasteiger partial charge on any atom is -0.271 e. The third-order valence-electron chi connectivity index (χ3n) is 4.31. The number of amides is 1. The second kappa shape index (κ2) is 7.14. The van der Waals surface area contributed by atoms with E-state index in [2.05, 4.69) is 39.6 Å². The van der Waals surface area contributed by atoms with Gasteiger partial charge >= 0.3 is 0 Å².